The van der Waals surface area contributed by atoms with Gasteiger partial charge in [-0.05, 0) is 110 Å². The SMILES string of the molecule is c1ccc(-c2ccc3c(c2)B2c4ccccc4N(c4ccccc4)c4cc5c6c(c42)N3c2ccc(-c3ccccc3)cc2B6c2ccccc2N5c2ccccc2)cc1. The predicted molar refractivity (Wildman–Crippen MR) is 251 cm³/mol. The molecule has 4 aliphatic rings. The fourth-order valence-electron chi connectivity index (χ4n) is 10.6. The van der Waals surface area contributed by atoms with Gasteiger partial charge in [-0.15, -0.1) is 0 Å². The van der Waals surface area contributed by atoms with Gasteiger partial charge in [0.15, 0.2) is 0 Å². The van der Waals surface area contributed by atoms with Crippen LogP contribution in [0.25, 0.3) is 22.3 Å². The molecule has 9 aromatic carbocycles. The second-order valence-electron chi connectivity index (χ2n) is 16.0. The van der Waals surface area contributed by atoms with Crippen LogP contribution in [0.1, 0.15) is 0 Å². The molecule has 0 aromatic heterocycles. The van der Waals surface area contributed by atoms with E-state index in [0.29, 0.717) is 0 Å². The van der Waals surface area contributed by atoms with Crippen LogP contribution in [0.3, 0.4) is 0 Å². The van der Waals surface area contributed by atoms with E-state index in [4.69, 9.17) is 0 Å². The maximum atomic E-state index is 2.63. The van der Waals surface area contributed by atoms with Crippen LogP contribution in [-0.2, 0) is 0 Å². The molecule has 0 atom stereocenters. The quantitative estimate of drug-likeness (QED) is 0.166. The van der Waals surface area contributed by atoms with Gasteiger partial charge in [0.25, 0.3) is 13.4 Å². The van der Waals surface area contributed by atoms with Crippen molar-refractivity contribution in [3.63, 3.8) is 0 Å². The molecule has 0 N–H and O–H groups in total. The summed E-state index contributed by atoms with van der Waals surface area (Å²) in [4.78, 5) is 7.68. The van der Waals surface area contributed by atoms with Crippen molar-refractivity contribution in [3.8, 4) is 22.3 Å². The zero-order chi connectivity index (χ0) is 38.6. The molecule has 272 valence electrons. The second kappa shape index (κ2) is 12.5. The van der Waals surface area contributed by atoms with Crippen molar-refractivity contribution in [2.45, 2.75) is 0 Å². The van der Waals surface area contributed by atoms with Crippen LogP contribution in [0, 0.1) is 0 Å². The third-order valence-corrected chi connectivity index (χ3v) is 13.0. The first-order chi connectivity index (χ1) is 29.3. The molecule has 4 heterocycles. The van der Waals surface area contributed by atoms with Crippen LogP contribution in [0.5, 0.6) is 0 Å². The van der Waals surface area contributed by atoms with Crippen molar-refractivity contribution in [3.05, 3.63) is 212 Å². The summed E-state index contributed by atoms with van der Waals surface area (Å²) in [5.74, 6) is 0. The van der Waals surface area contributed by atoms with E-state index in [-0.39, 0.29) is 13.4 Å². The van der Waals surface area contributed by atoms with Crippen molar-refractivity contribution in [2.24, 2.45) is 0 Å². The zero-order valence-corrected chi connectivity index (χ0v) is 32.2. The lowest BCUT2D eigenvalue weighted by molar-refractivity contribution is 1.23. The lowest BCUT2D eigenvalue weighted by Crippen LogP contribution is -2.68. The number of hydrogen-bond donors (Lipinski definition) is 0. The molecule has 0 saturated carbocycles. The van der Waals surface area contributed by atoms with Crippen molar-refractivity contribution in [1.29, 1.82) is 0 Å². The topological polar surface area (TPSA) is 9.72 Å². The van der Waals surface area contributed by atoms with Gasteiger partial charge in [-0.1, -0.05) is 158 Å². The molecule has 5 heteroatoms. The summed E-state index contributed by atoms with van der Waals surface area (Å²) in [7, 11) is 0. The summed E-state index contributed by atoms with van der Waals surface area (Å²) in [5.41, 5.74) is 23.9. The van der Waals surface area contributed by atoms with E-state index in [9.17, 15) is 0 Å². The van der Waals surface area contributed by atoms with Gasteiger partial charge in [0.05, 0.1) is 0 Å². The predicted octanol–water partition coefficient (Wildman–Crippen LogP) is 9.72. The average Bonchev–Trinajstić information content (AvgIpc) is 3.31. The van der Waals surface area contributed by atoms with Crippen molar-refractivity contribution in [2.75, 3.05) is 14.7 Å². The van der Waals surface area contributed by atoms with Gasteiger partial charge in [0.2, 0.25) is 0 Å². The Kier molecular flexibility index (Phi) is 6.90. The molecule has 0 amide bonds. The first kappa shape index (κ1) is 32.6. The Hall–Kier alpha value is -7.49. The first-order valence-corrected chi connectivity index (χ1v) is 20.6. The van der Waals surface area contributed by atoms with E-state index in [2.05, 4.69) is 227 Å². The van der Waals surface area contributed by atoms with Gasteiger partial charge in [-0.3, -0.25) is 0 Å². The number of nitrogens with zero attached hydrogens (tertiary/aromatic N) is 3. The van der Waals surface area contributed by atoms with Crippen LogP contribution in [0.4, 0.5) is 51.2 Å². The highest BCUT2D eigenvalue weighted by Gasteiger charge is 2.51. The molecule has 13 rings (SSSR count). The average molecular weight is 748 g/mol. The molecule has 9 aromatic rings. The summed E-state index contributed by atoms with van der Waals surface area (Å²) in [6.45, 7) is 0.0361. The Morgan fingerprint density at radius 1 is 0.254 bits per heavy atom. The molecule has 3 nitrogen and oxygen atoms in total. The van der Waals surface area contributed by atoms with E-state index in [1.807, 2.05) is 0 Å². The summed E-state index contributed by atoms with van der Waals surface area (Å²) in [6.07, 6.45) is 0. The number of rotatable bonds is 4. The van der Waals surface area contributed by atoms with Crippen molar-refractivity contribution >= 4 is 97.4 Å². The van der Waals surface area contributed by atoms with Gasteiger partial charge in [-0.2, -0.15) is 0 Å². The molecule has 0 saturated heterocycles. The number of para-hydroxylation sites is 4. The lowest BCUT2D eigenvalue weighted by atomic mass is 9.28. The summed E-state index contributed by atoms with van der Waals surface area (Å²) < 4.78 is 0. The number of fused-ring (bicyclic) bond motifs is 10. The zero-order valence-electron chi connectivity index (χ0n) is 32.2. The van der Waals surface area contributed by atoms with Gasteiger partial charge >= 0.3 is 0 Å². The normalized spacial score (nSPS) is 13.6. The van der Waals surface area contributed by atoms with Crippen LogP contribution in [0.2, 0.25) is 0 Å². The van der Waals surface area contributed by atoms with E-state index in [0.717, 1.165) is 11.4 Å². The highest BCUT2D eigenvalue weighted by molar-refractivity contribution is 7.04. The third-order valence-electron chi connectivity index (χ3n) is 13.0. The molecule has 0 fully saturated rings. The molecule has 0 unspecified atom stereocenters. The monoisotopic (exact) mass is 747 g/mol. The van der Waals surface area contributed by atoms with E-state index < -0.39 is 0 Å². The van der Waals surface area contributed by atoms with Crippen molar-refractivity contribution < 1.29 is 0 Å². The maximum Gasteiger partial charge on any atom is 0.252 e. The smallest absolute Gasteiger partial charge is 0.252 e. The van der Waals surface area contributed by atoms with Crippen molar-refractivity contribution in [1.82, 2.24) is 0 Å². The molecule has 4 aliphatic heterocycles. The summed E-state index contributed by atoms with van der Waals surface area (Å²) >= 11 is 0. The Morgan fingerprint density at radius 2 is 0.627 bits per heavy atom. The molecule has 59 heavy (non-hydrogen) atoms. The van der Waals surface area contributed by atoms with E-state index in [1.54, 1.807) is 0 Å². The number of anilines is 9. The largest absolute Gasteiger partial charge is 0.312 e. The molecular formula is C54H35B2N3. The van der Waals surface area contributed by atoms with E-state index in [1.165, 1.54) is 94.8 Å². The van der Waals surface area contributed by atoms with Gasteiger partial charge in [0, 0.05) is 51.2 Å². The summed E-state index contributed by atoms with van der Waals surface area (Å²) in [6, 6.07) is 78.7. The van der Waals surface area contributed by atoms with Crippen LogP contribution in [-0.4, -0.2) is 13.4 Å². The van der Waals surface area contributed by atoms with Gasteiger partial charge in [-0.25, -0.2) is 0 Å². The van der Waals surface area contributed by atoms with Crippen LogP contribution < -0.4 is 47.5 Å². The number of hydrogen-bond acceptors (Lipinski definition) is 3. The molecule has 0 radical (unpaired) electrons. The summed E-state index contributed by atoms with van der Waals surface area (Å²) in [5, 5.41) is 0. The number of benzene rings is 9. The van der Waals surface area contributed by atoms with Crippen LogP contribution in [0.15, 0.2) is 212 Å². The highest BCUT2D eigenvalue weighted by atomic mass is 15.2. The Bertz CT molecular complexity index is 2930. The Labute approximate surface area is 345 Å². The Balaban J connectivity index is 1.20. The molecular weight excluding hydrogens is 712 g/mol. The van der Waals surface area contributed by atoms with E-state index >= 15 is 0 Å². The highest BCUT2D eigenvalue weighted by Crippen LogP contribution is 2.50. The second-order valence-corrected chi connectivity index (χ2v) is 16.0. The van der Waals surface area contributed by atoms with Gasteiger partial charge < -0.3 is 14.7 Å². The first-order valence-electron chi connectivity index (χ1n) is 20.6. The standard InChI is InChI=1S/C54H35B2N3/c1-5-17-36(18-6-1)38-29-31-48-44(33-38)55-42-25-13-15-27-46(42)57(40-21-9-3-10-22-40)50-35-51-53-54(52(50)55)59(48)49-32-30-39(37-19-7-2-8-20-37)34-45(49)56(53)43-26-14-16-28-47(43)58(51)41-23-11-4-12-24-41/h1-35H. The molecule has 0 aliphatic carbocycles. The fourth-order valence-corrected chi connectivity index (χ4v) is 10.6. The molecule has 0 spiro atoms. The molecule has 0 bridgehead atoms. The maximum absolute atomic E-state index is 2.63. The Morgan fingerprint density at radius 3 is 1.07 bits per heavy atom. The minimum absolute atomic E-state index is 0.0181. The van der Waals surface area contributed by atoms with Gasteiger partial charge in [0.1, 0.15) is 0 Å². The van der Waals surface area contributed by atoms with Crippen LogP contribution >= 0.6 is 0 Å². The fraction of sp³-hybridized carbons (Fsp3) is 0. The minimum Gasteiger partial charge on any atom is -0.312 e. The third kappa shape index (κ3) is 4.61. The lowest BCUT2D eigenvalue weighted by Gasteiger charge is -2.51. The minimum atomic E-state index is 0.0181.